The van der Waals surface area contributed by atoms with Gasteiger partial charge < -0.3 is 33.8 Å². The van der Waals surface area contributed by atoms with E-state index in [4.69, 9.17) is 37.0 Å². The minimum absolute atomic E-state index is 0.106. The van der Waals surface area contributed by atoms with Crippen molar-refractivity contribution in [2.45, 2.75) is 394 Å². The van der Waals surface area contributed by atoms with Crippen molar-refractivity contribution in [3.05, 3.63) is 0 Å². The van der Waals surface area contributed by atoms with E-state index < -0.39 is 97.5 Å². The molecule has 0 aliphatic rings. The SMILES string of the molecule is CCCCCCCCCCCCC(=O)OC[C@H](COP(=O)(O)OC[C@H](O)COP(=O)(O)OC[C@@H](COC(=O)CCCCCCCCCCCCCC(C)C)OC(=O)CCCCCCCCCCCCCCC(C)C)OC(=O)CCCCCCCCCCCCCC(C)C. The Kier molecular flexibility index (Phi) is 63.4. The molecule has 0 fully saturated rings. The third-order valence-corrected chi connectivity index (χ3v) is 19.0. The van der Waals surface area contributed by atoms with Gasteiger partial charge in [-0.1, -0.05) is 325 Å². The van der Waals surface area contributed by atoms with Gasteiger partial charge in [-0.2, -0.15) is 0 Å². The summed E-state index contributed by atoms with van der Waals surface area (Å²) >= 11 is 0. The molecule has 0 heterocycles. The highest BCUT2D eigenvalue weighted by atomic mass is 31.2. The lowest BCUT2D eigenvalue weighted by molar-refractivity contribution is -0.161. The van der Waals surface area contributed by atoms with Crippen LogP contribution in [0.15, 0.2) is 0 Å². The molecular weight excluding hydrogens is 1220 g/mol. The van der Waals surface area contributed by atoms with Crippen molar-refractivity contribution in [2.24, 2.45) is 17.8 Å². The Morgan fingerprint density at radius 1 is 0.290 bits per heavy atom. The monoisotopic (exact) mass is 1370 g/mol. The molecule has 0 saturated heterocycles. The summed E-state index contributed by atoms with van der Waals surface area (Å²) in [4.78, 5) is 72.7. The van der Waals surface area contributed by atoms with Crippen LogP contribution in [0.5, 0.6) is 0 Å². The number of phosphoric acid groups is 2. The van der Waals surface area contributed by atoms with Gasteiger partial charge in [0.2, 0.25) is 0 Å². The highest BCUT2D eigenvalue weighted by molar-refractivity contribution is 7.47. The number of esters is 4. The maximum Gasteiger partial charge on any atom is 0.472 e. The van der Waals surface area contributed by atoms with Crippen molar-refractivity contribution >= 4 is 39.5 Å². The van der Waals surface area contributed by atoms with Crippen LogP contribution in [0.3, 0.4) is 0 Å². The highest BCUT2D eigenvalue weighted by Crippen LogP contribution is 2.45. The Balaban J connectivity index is 5.26. The third-order valence-electron chi connectivity index (χ3n) is 17.1. The standard InChI is InChI=1S/C74H144O17P2/c1-8-9-10-11-12-13-27-34-41-48-55-71(76)84-61-69(91-74(79)58-51-44-37-30-23-17-20-26-33-40-47-54-67(6)7)63-88-92(80,81)86-59-68(75)60-87-93(82,83)89-64-70(62-85-72(77)56-49-42-35-28-22-16-19-25-32-39-46-53-66(4)5)90-73(78)57-50-43-36-29-21-15-14-18-24-31-38-45-52-65(2)3/h65-70,75H,8-64H2,1-7H3,(H,80,81)(H,82,83)/t68-,69+,70+/m0/s1. The van der Waals surface area contributed by atoms with E-state index in [0.29, 0.717) is 25.7 Å². The minimum Gasteiger partial charge on any atom is -0.462 e. The number of hydrogen-bond donors (Lipinski definition) is 3. The molecule has 0 amide bonds. The molecule has 93 heavy (non-hydrogen) atoms. The first-order valence-electron chi connectivity index (χ1n) is 38.3. The molecule has 0 bridgehead atoms. The molecule has 0 saturated carbocycles. The third kappa shape index (κ3) is 68.4. The number of unbranched alkanes of at least 4 members (excludes halogenated alkanes) is 40. The van der Waals surface area contributed by atoms with Gasteiger partial charge in [-0.05, 0) is 43.4 Å². The van der Waals surface area contributed by atoms with Gasteiger partial charge in [0.25, 0.3) is 0 Å². The summed E-state index contributed by atoms with van der Waals surface area (Å²) < 4.78 is 68.5. The molecule has 0 aliphatic heterocycles. The zero-order chi connectivity index (χ0) is 68.7. The number of carbonyl (C=O) groups excluding carboxylic acids is 4. The predicted octanol–water partition coefficient (Wildman–Crippen LogP) is 21.4. The molecule has 0 aromatic carbocycles. The van der Waals surface area contributed by atoms with Crippen LogP contribution >= 0.6 is 15.6 Å². The van der Waals surface area contributed by atoms with E-state index in [2.05, 4.69) is 48.5 Å². The fraction of sp³-hybridized carbons (Fsp3) is 0.946. The minimum atomic E-state index is -4.96. The molecule has 0 spiro atoms. The van der Waals surface area contributed by atoms with Gasteiger partial charge in [0.15, 0.2) is 12.2 Å². The first-order valence-corrected chi connectivity index (χ1v) is 41.3. The van der Waals surface area contributed by atoms with Crippen LogP contribution in [-0.4, -0.2) is 96.7 Å². The summed E-state index contributed by atoms with van der Waals surface area (Å²) in [5.74, 6) is 0.194. The second-order valence-electron chi connectivity index (χ2n) is 28.1. The maximum atomic E-state index is 13.1. The molecule has 0 radical (unpaired) electrons. The molecule has 0 aromatic rings. The van der Waals surface area contributed by atoms with Crippen LogP contribution in [-0.2, 0) is 65.4 Å². The first kappa shape index (κ1) is 91.1. The average Bonchev–Trinajstić information content (AvgIpc) is 2.36. The molecule has 0 aromatic heterocycles. The van der Waals surface area contributed by atoms with E-state index in [-0.39, 0.29) is 25.7 Å². The normalized spacial score (nSPS) is 14.1. The highest BCUT2D eigenvalue weighted by Gasteiger charge is 2.30. The summed E-state index contributed by atoms with van der Waals surface area (Å²) in [7, 11) is -9.91. The van der Waals surface area contributed by atoms with Gasteiger partial charge in [0.05, 0.1) is 26.4 Å². The second-order valence-corrected chi connectivity index (χ2v) is 31.0. The summed E-state index contributed by atoms with van der Waals surface area (Å²) in [6.45, 7) is 11.9. The van der Waals surface area contributed by atoms with Crippen molar-refractivity contribution in [1.82, 2.24) is 0 Å². The number of hydrogen-bond acceptors (Lipinski definition) is 15. The Bertz CT molecular complexity index is 1820. The van der Waals surface area contributed by atoms with E-state index in [1.165, 1.54) is 186 Å². The van der Waals surface area contributed by atoms with Crippen molar-refractivity contribution in [3.8, 4) is 0 Å². The predicted molar refractivity (Wildman–Crippen MR) is 377 cm³/mol. The fourth-order valence-corrected chi connectivity index (χ4v) is 12.8. The number of phosphoric ester groups is 2. The molecule has 3 N–H and O–H groups in total. The zero-order valence-corrected chi connectivity index (χ0v) is 62.5. The Morgan fingerprint density at radius 3 is 0.731 bits per heavy atom. The van der Waals surface area contributed by atoms with Crippen LogP contribution < -0.4 is 0 Å². The maximum absolute atomic E-state index is 13.1. The zero-order valence-electron chi connectivity index (χ0n) is 60.7. The summed E-state index contributed by atoms with van der Waals surface area (Å²) in [5, 5.41) is 10.6. The first-order chi connectivity index (χ1) is 44.7. The molecule has 0 rings (SSSR count). The van der Waals surface area contributed by atoms with Crippen LogP contribution in [0, 0.1) is 17.8 Å². The van der Waals surface area contributed by atoms with Gasteiger partial charge in [-0.15, -0.1) is 0 Å². The molecule has 2 unspecified atom stereocenters. The summed E-state index contributed by atoms with van der Waals surface area (Å²) in [6.07, 6.45) is 49.8. The average molecular weight is 1370 g/mol. The molecule has 5 atom stereocenters. The lowest BCUT2D eigenvalue weighted by Crippen LogP contribution is -2.30. The summed E-state index contributed by atoms with van der Waals surface area (Å²) in [5.41, 5.74) is 0. The fourth-order valence-electron chi connectivity index (χ4n) is 11.2. The lowest BCUT2D eigenvalue weighted by atomic mass is 10.0. The van der Waals surface area contributed by atoms with Gasteiger partial charge >= 0.3 is 39.5 Å². The largest absolute Gasteiger partial charge is 0.472 e. The molecule has 552 valence electrons. The van der Waals surface area contributed by atoms with Crippen molar-refractivity contribution in [1.29, 1.82) is 0 Å². The van der Waals surface area contributed by atoms with E-state index in [0.717, 1.165) is 108 Å². The van der Waals surface area contributed by atoms with E-state index in [9.17, 15) is 43.2 Å². The number of carbonyl (C=O) groups is 4. The van der Waals surface area contributed by atoms with Crippen molar-refractivity contribution in [2.75, 3.05) is 39.6 Å². The Labute approximate surface area is 568 Å². The molecule has 0 aliphatic carbocycles. The van der Waals surface area contributed by atoms with Crippen LogP contribution in [0.2, 0.25) is 0 Å². The molecule has 17 nitrogen and oxygen atoms in total. The topological polar surface area (TPSA) is 237 Å². The number of rotatable bonds is 72. The van der Waals surface area contributed by atoms with Crippen molar-refractivity contribution < 1.29 is 80.2 Å². The second kappa shape index (κ2) is 64.7. The summed E-state index contributed by atoms with van der Waals surface area (Å²) in [6, 6.07) is 0. The Hall–Kier alpha value is -1.94. The van der Waals surface area contributed by atoms with E-state index in [1.807, 2.05) is 0 Å². The number of aliphatic hydroxyl groups excluding tert-OH is 1. The smallest absolute Gasteiger partial charge is 0.462 e. The molecular formula is C74H144O17P2. The van der Waals surface area contributed by atoms with Gasteiger partial charge in [-0.3, -0.25) is 37.3 Å². The quantitative estimate of drug-likeness (QED) is 0.0222. The van der Waals surface area contributed by atoms with Crippen molar-refractivity contribution in [3.63, 3.8) is 0 Å². The van der Waals surface area contributed by atoms with E-state index in [1.54, 1.807) is 0 Å². The van der Waals surface area contributed by atoms with Gasteiger partial charge in [0.1, 0.15) is 19.3 Å². The lowest BCUT2D eigenvalue weighted by Gasteiger charge is -2.21. The Morgan fingerprint density at radius 2 is 0.495 bits per heavy atom. The van der Waals surface area contributed by atoms with Gasteiger partial charge in [-0.25, -0.2) is 9.13 Å². The van der Waals surface area contributed by atoms with Crippen LogP contribution in [0.1, 0.15) is 376 Å². The number of aliphatic hydroxyl groups is 1. The van der Waals surface area contributed by atoms with E-state index >= 15 is 0 Å². The molecule has 19 heteroatoms. The number of ether oxygens (including phenoxy) is 4. The van der Waals surface area contributed by atoms with Crippen LogP contribution in [0.4, 0.5) is 0 Å². The van der Waals surface area contributed by atoms with Gasteiger partial charge in [0, 0.05) is 25.7 Å². The van der Waals surface area contributed by atoms with Crippen LogP contribution in [0.25, 0.3) is 0 Å².